The number of methoxy groups -OCH3 is 1. The van der Waals surface area contributed by atoms with Crippen molar-refractivity contribution in [2.75, 3.05) is 17.2 Å². The van der Waals surface area contributed by atoms with Crippen LogP contribution in [0.4, 0.5) is 5.69 Å². The van der Waals surface area contributed by atoms with E-state index >= 15 is 0 Å². The molecule has 0 aliphatic carbocycles. The predicted molar refractivity (Wildman–Crippen MR) is 111 cm³/mol. The van der Waals surface area contributed by atoms with Gasteiger partial charge in [-0.3, -0.25) is 9.59 Å². The van der Waals surface area contributed by atoms with Gasteiger partial charge in [0.05, 0.1) is 23.6 Å². The minimum Gasteiger partial charge on any atom is -0.467 e. The molecule has 0 bridgehead atoms. The highest BCUT2D eigenvalue weighted by atomic mass is 35.5. The summed E-state index contributed by atoms with van der Waals surface area (Å²) in [7, 11) is -2.62. The van der Waals surface area contributed by atoms with Crippen molar-refractivity contribution in [3.05, 3.63) is 64.7 Å². The van der Waals surface area contributed by atoms with Gasteiger partial charge in [-0.2, -0.15) is 0 Å². The number of benzene rings is 2. The zero-order valence-electron chi connectivity index (χ0n) is 16.0. The van der Waals surface area contributed by atoms with Crippen LogP contribution in [0.1, 0.15) is 22.3 Å². The number of ether oxygens (including phenoxy) is 1. The highest BCUT2D eigenvalue weighted by Crippen LogP contribution is 2.32. The molecule has 1 saturated heterocycles. The van der Waals surface area contributed by atoms with Crippen molar-refractivity contribution in [1.29, 1.82) is 0 Å². The van der Waals surface area contributed by atoms with Gasteiger partial charge in [-0.25, -0.2) is 17.5 Å². The Morgan fingerprint density at radius 1 is 1.20 bits per heavy atom. The predicted octanol–water partition coefficient (Wildman–Crippen LogP) is 1.92. The summed E-state index contributed by atoms with van der Waals surface area (Å²) in [5.41, 5.74) is 0.773. The first-order chi connectivity index (χ1) is 14.2. The van der Waals surface area contributed by atoms with Gasteiger partial charge < -0.3 is 10.1 Å². The summed E-state index contributed by atoms with van der Waals surface area (Å²) in [4.78, 5) is 37.0. The lowest BCUT2D eigenvalue weighted by Gasteiger charge is -2.19. The smallest absolute Gasteiger partial charge is 0.328 e. The SMILES string of the molecule is COC(=O)[C@H](Cc1ccccc1)NC(=O)c1ccc(Cl)c(N2C(=O)CCS2(=O)=O)c1. The highest BCUT2D eigenvalue weighted by molar-refractivity contribution is 7.94. The van der Waals surface area contributed by atoms with E-state index in [0.29, 0.717) is 4.31 Å². The van der Waals surface area contributed by atoms with Gasteiger partial charge in [0.15, 0.2) is 0 Å². The van der Waals surface area contributed by atoms with Gasteiger partial charge in [0.1, 0.15) is 6.04 Å². The van der Waals surface area contributed by atoms with Crippen LogP contribution in [0.5, 0.6) is 0 Å². The van der Waals surface area contributed by atoms with Crippen LogP contribution < -0.4 is 9.62 Å². The summed E-state index contributed by atoms with van der Waals surface area (Å²) in [5.74, 6) is -2.20. The molecular weight excluding hydrogens is 432 g/mol. The van der Waals surface area contributed by atoms with Crippen molar-refractivity contribution in [3.8, 4) is 0 Å². The molecule has 158 valence electrons. The standard InChI is InChI=1S/C20H19ClN2O6S/c1-29-20(26)16(11-13-5-3-2-4-6-13)22-19(25)14-7-8-15(21)17(12-14)23-18(24)9-10-30(23,27)28/h2-8,12,16H,9-11H2,1H3,(H,22,25)/t16-/m0/s1. The van der Waals surface area contributed by atoms with Crippen LogP contribution >= 0.6 is 11.6 Å². The number of rotatable bonds is 6. The van der Waals surface area contributed by atoms with E-state index in [0.717, 1.165) is 5.56 Å². The molecule has 2 amide bonds. The van der Waals surface area contributed by atoms with E-state index in [1.807, 2.05) is 30.3 Å². The Labute approximate surface area is 178 Å². The molecular formula is C20H19ClN2O6S. The fraction of sp³-hybridized carbons (Fsp3) is 0.250. The molecule has 8 nitrogen and oxygen atoms in total. The van der Waals surface area contributed by atoms with Gasteiger partial charge in [-0.1, -0.05) is 41.9 Å². The largest absolute Gasteiger partial charge is 0.467 e. The lowest BCUT2D eigenvalue weighted by molar-refractivity contribution is -0.142. The third kappa shape index (κ3) is 4.63. The lowest BCUT2D eigenvalue weighted by atomic mass is 10.1. The summed E-state index contributed by atoms with van der Waals surface area (Å²) >= 11 is 6.10. The second-order valence-electron chi connectivity index (χ2n) is 6.63. The van der Waals surface area contributed by atoms with Crippen LogP contribution in [0.25, 0.3) is 0 Å². The maximum atomic E-state index is 12.8. The molecule has 3 rings (SSSR count). The maximum absolute atomic E-state index is 12.8. The van der Waals surface area contributed by atoms with Gasteiger partial charge in [-0.05, 0) is 23.8 Å². The third-order valence-electron chi connectivity index (χ3n) is 4.58. The topological polar surface area (TPSA) is 110 Å². The molecule has 0 unspecified atom stereocenters. The second kappa shape index (κ2) is 8.85. The minimum absolute atomic E-state index is 0.0131. The molecule has 10 heteroatoms. The van der Waals surface area contributed by atoms with Crippen LogP contribution in [0, 0.1) is 0 Å². The Balaban J connectivity index is 1.87. The summed E-state index contributed by atoms with van der Waals surface area (Å²) < 4.78 is 29.8. The number of amides is 2. The summed E-state index contributed by atoms with van der Waals surface area (Å²) in [6, 6.07) is 12.0. The van der Waals surface area contributed by atoms with E-state index in [-0.39, 0.29) is 34.9 Å². The quantitative estimate of drug-likeness (QED) is 0.673. The zero-order chi connectivity index (χ0) is 21.9. The van der Waals surface area contributed by atoms with Crippen molar-refractivity contribution < 1.29 is 27.5 Å². The first-order valence-corrected chi connectivity index (χ1v) is 11.0. The first-order valence-electron chi connectivity index (χ1n) is 9.01. The lowest BCUT2D eigenvalue weighted by Crippen LogP contribution is -2.43. The number of hydrogen-bond donors (Lipinski definition) is 1. The molecule has 1 aliphatic rings. The Morgan fingerprint density at radius 3 is 2.50 bits per heavy atom. The molecule has 1 atom stereocenters. The van der Waals surface area contributed by atoms with E-state index in [9.17, 15) is 22.8 Å². The van der Waals surface area contributed by atoms with Crippen LogP contribution in [-0.4, -0.2) is 45.1 Å². The highest BCUT2D eigenvalue weighted by Gasteiger charge is 2.37. The number of esters is 1. The molecule has 30 heavy (non-hydrogen) atoms. The second-order valence-corrected chi connectivity index (χ2v) is 8.97. The Kier molecular flexibility index (Phi) is 6.42. The summed E-state index contributed by atoms with van der Waals surface area (Å²) in [6.07, 6.45) is 0.0509. The van der Waals surface area contributed by atoms with Crippen molar-refractivity contribution in [2.45, 2.75) is 18.9 Å². The maximum Gasteiger partial charge on any atom is 0.328 e. The number of nitrogens with zero attached hydrogens (tertiary/aromatic N) is 1. The van der Waals surface area contributed by atoms with Gasteiger partial charge in [0, 0.05) is 18.4 Å². The number of anilines is 1. The normalized spacial score (nSPS) is 16.2. The zero-order valence-corrected chi connectivity index (χ0v) is 17.6. The van der Waals surface area contributed by atoms with Crippen molar-refractivity contribution in [2.24, 2.45) is 0 Å². The van der Waals surface area contributed by atoms with Gasteiger partial charge in [-0.15, -0.1) is 0 Å². The van der Waals surface area contributed by atoms with Crippen molar-refractivity contribution >= 4 is 45.1 Å². The van der Waals surface area contributed by atoms with E-state index in [1.165, 1.54) is 25.3 Å². The van der Waals surface area contributed by atoms with Crippen LogP contribution in [0.2, 0.25) is 5.02 Å². The first kappa shape index (κ1) is 21.8. The summed E-state index contributed by atoms with van der Waals surface area (Å²) in [6.45, 7) is 0. The van der Waals surface area contributed by atoms with Crippen LogP contribution in [0.3, 0.4) is 0 Å². The average Bonchev–Trinajstić information content (AvgIpc) is 3.00. The minimum atomic E-state index is -3.84. The van der Waals surface area contributed by atoms with E-state index in [4.69, 9.17) is 16.3 Å². The molecule has 0 aromatic heterocycles. The number of carbonyl (C=O) groups excluding carboxylic acids is 3. The molecule has 0 saturated carbocycles. The number of sulfonamides is 1. The molecule has 1 N–H and O–H groups in total. The van der Waals surface area contributed by atoms with Gasteiger partial charge in [0.2, 0.25) is 15.9 Å². The van der Waals surface area contributed by atoms with E-state index in [2.05, 4.69) is 5.32 Å². The number of carbonyl (C=O) groups is 3. The average molecular weight is 451 g/mol. The molecule has 1 fully saturated rings. The number of halogens is 1. The molecule has 0 radical (unpaired) electrons. The molecule has 1 aliphatic heterocycles. The molecule has 1 heterocycles. The van der Waals surface area contributed by atoms with Gasteiger partial charge in [0.25, 0.3) is 5.91 Å². The van der Waals surface area contributed by atoms with E-state index in [1.54, 1.807) is 0 Å². The number of nitrogens with one attached hydrogen (secondary N) is 1. The van der Waals surface area contributed by atoms with Gasteiger partial charge >= 0.3 is 5.97 Å². The van der Waals surface area contributed by atoms with Crippen LogP contribution in [0.15, 0.2) is 48.5 Å². The van der Waals surface area contributed by atoms with Crippen molar-refractivity contribution in [3.63, 3.8) is 0 Å². The fourth-order valence-corrected chi connectivity index (χ4v) is 4.80. The third-order valence-corrected chi connectivity index (χ3v) is 6.58. The van der Waals surface area contributed by atoms with E-state index < -0.39 is 33.8 Å². The Hall–Kier alpha value is -2.91. The Morgan fingerprint density at radius 2 is 1.90 bits per heavy atom. The van der Waals surface area contributed by atoms with Crippen LogP contribution in [-0.2, 0) is 30.8 Å². The Bertz CT molecular complexity index is 1090. The molecule has 2 aromatic carbocycles. The fourth-order valence-electron chi connectivity index (χ4n) is 3.08. The number of hydrogen-bond acceptors (Lipinski definition) is 6. The molecule has 2 aromatic rings. The van der Waals surface area contributed by atoms with Crippen molar-refractivity contribution in [1.82, 2.24) is 5.32 Å². The molecule has 0 spiro atoms. The monoisotopic (exact) mass is 450 g/mol. The summed E-state index contributed by atoms with van der Waals surface area (Å²) in [5, 5.41) is 2.61.